The first-order chi connectivity index (χ1) is 8.11. The maximum atomic E-state index is 8.82. The Bertz CT molecular complexity index is 618. The Morgan fingerprint density at radius 2 is 1.71 bits per heavy atom. The van der Waals surface area contributed by atoms with E-state index in [0.717, 1.165) is 0 Å². The summed E-state index contributed by atoms with van der Waals surface area (Å²) in [5.74, 6) is 0. The van der Waals surface area contributed by atoms with Crippen molar-refractivity contribution in [1.29, 1.82) is 5.26 Å². The summed E-state index contributed by atoms with van der Waals surface area (Å²) in [4.78, 5) is 4.15. The molecular formula is C12H5Cl3N2. The fraction of sp³-hybridized carbons (Fsp3) is 0. The van der Waals surface area contributed by atoms with Gasteiger partial charge >= 0.3 is 0 Å². The van der Waals surface area contributed by atoms with Crippen LogP contribution < -0.4 is 0 Å². The van der Waals surface area contributed by atoms with Gasteiger partial charge in [0.15, 0.2) is 0 Å². The third kappa shape index (κ3) is 2.53. The van der Waals surface area contributed by atoms with E-state index in [-0.39, 0.29) is 0 Å². The highest BCUT2D eigenvalue weighted by molar-refractivity contribution is 6.44. The highest BCUT2D eigenvalue weighted by Crippen LogP contribution is 2.34. The van der Waals surface area contributed by atoms with Gasteiger partial charge in [-0.15, -0.1) is 0 Å². The van der Waals surface area contributed by atoms with Crippen molar-refractivity contribution in [3.8, 4) is 17.3 Å². The maximum Gasteiger partial charge on any atom is 0.0992 e. The monoisotopic (exact) mass is 282 g/mol. The highest BCUT2D eigenvalue weighted by Gasteiger charge is 2.09. The van der Waals surface area contributed by atoms with E-state index in [2.05, 4.69) is 4.98 Å². The fourth-order valence-electron chi connectivity index (χ4n) is 1.37. The second-order valence-corrected chi connectivity index (χ2v) is 4.51. The van der Waals surface area contributed by atoms with E-state index in [4.69, 9.17) is 40.1 Å². The van der Waals surface area contributed by atoms with Gasteiger partial charge in [0.1, 0.15) is 0 Å². The molecular weight excluding hydrogens is 279 g/mol. The molecule has 2 nitrogen and oxygen atoms in total. The molecule has 1 heterocycles. The van der Waals surface area contributed by atoms with Crippen LogP contribution in [-0.4, -0.2) is 4.98 Å². The second-order valence-electron chi connectivity index (χ2n) is 3.29. The van der Waals surface area contributed by atoms with E-state index in [0.29, 0.717) is 31.9 Å². The van der Waals surface area contributed by atoms with Crippen LogP contribution in [0, 0.1) is 11.3 Å². The molecule has 0 spiro atoms. The van der Waals surface area contributed by atoms with Gasteiger partial charge in [0.25, 0.3) is 0 Å². The number of hydrogen-bond donors (Lipinski definition) is 0. The maximum absolute atomic E-state index is 8.82. The predicted octanol–water partition coefficient (Wildman–Crippen LogP) is 4.58. The molecule has 0 amide bonds. The van der Waals surface area contributed by atoms with Gasteiger partial charge in [-0.3, -0.25) is 4.98 Å². The zero-order chi connectivity index (χ0) is 12.4. The van der Waals surface area contributed by atoms with Crippen LogP contribution in [0.4, 0.5) is 0 Å². The van der Waals surface area contributed by atoms with Crippen molar-refractivity contribution in [2.24, 2.45) is 0 Å². The van der Waals surface area contributed by atoms with Crippen LogP contribution in [0.1, 0.15) is 5.56 Å². The van der Waals surface area contributed by atoms with Gasteiger partial charge in [0.2, 0.25) is 0 Å². The standard InChI is InChI=1S/C12H5Cl3N2/c13-9-5-11(15)10(14)4-8(9)12-3-7(6-16)1-2-17-12/h1-5H. The topological polar surface area (TPSA) is 36.7 Å². The Labute approximate surface area is 113 Å². The number of nitriles is 1. The third-order valence-electron chi connectivity index (χ3n) is 2.17. The fourth-order valence-corrected chi connectivity index (χ4v) is 2.01. The largest absolute Gasteiger partial charge is 0.256 e. The normalized spacial score (nSPS) is 10.0. The molecule has 0 N–H and O–H groups in total. The third-order valence-corrected chi connectivity index (χ3v) is 3.21. The van der Waals surface area contributed by atoms with E-state index in [1.54, 1.807) is 30.5 Å². The summed E-state index contributed by atoms with van der Waals surface area (Å²) in [7, 11) is 0. The van der Waals surface area contributed by atoms with Crippen LogP contribution in [0.15, 0.2) is 30.5 Å². The van der Waals surface area contributed by atoms with Crippen molar-refractivity contribution in [3.63, 3.8) is 0 Å². The first-order valence-electron chi connectivity index (χ1n) is 4.63. The number of hydrogen-bond acceptors (Lipinski definition) is 2. The van der Waals surface area contributed by atoms with Gasteiger partial charge in [0, 0.05) is 11.8 Å². The molecule has 0 saturated carbocycles. The van der Waals surface area contributed by atoms with Gasteiger partial charge in [-0.25, -0.2) is 0 Å². The van der Waals surface area contributed by atoms with E-state index in [9.17, 15) is 0 Å². The molecule has 0 atom stereocenters. The molecule has 0 radical (unpaired) electrons. The molecule has 0 aliphatic heterocycles. The Morgan fingerprint density at radius 1 is 1.00 bits per heavy atom. The highest BCUT2D eigenvalue weighted by atomic mass is 35.5. The van der Waals surface area contributed by atoms with Gasteiger partial charge < -0.3 is 0 Å². The summed E-state index contributed by atoms with van der Waals surface area (Å²) in [6.07, 6.45) is 1.55. The molecule has 0 aliphatic carbocycles. The molecule has 0 bridgehead atoms. The Hall–Kier alpha value is -1.27. The molecule has 2 rings (SSSR count). The molecule has 5 heteroatoms. The number of rotatable bonds is 1. The number of aromatic nitrogens is 1. The van der Waals surface area contributed by atoms with Gasteiger partial charge in [-0.1, -0.05) is 34.8 Å². The zero-order valence-corrected chi connectivity index (χ0v) is 10.7. The Kier molecular flexibility index (Phi) is 3.54. The minimum Gasteiger partial charge on any atom is -0.256 e. The number of pyridine rings is 1. The van der Waals surface area contributed by atoms with Gasteiger partial charge in [0.05, 0.1) is 32.4 Å². The summed E-state index contributed by atoms with van der Waals surface area (Å²) in [5, 5.41) is 10.0. The molecule has 17 heavy (non-hydrogen) atoms. The molecule has 2 aromatic rings. The van der Waals surface area contributed by atoms with Crippen LogP contribution in [-0.2, 0) is 0 Å². The quantitative estimate of drug-likeness (QED) is 0.718. The first kappa shape index (κ1) is 12.2. The van der Waals surface area contributed by atoms with E-state index >= 15 is 0 Å². The lowest BCUT2D eigenvalue weighted by atomic mass is 10.1. The zero-order valence-electron chi connectivity index (χ0n) is 8.42. The summed E-state index contributed by atoms with van der Waals surface area (Å²) in [6.45, 7) is 0. The minimum absolute atomic E-state index is 0.386. The lowest BCUT2D eigenvalue weighted by Gasteiger charge is -2.06. The van der Waals surface area contributed by atoms with Crippen molar-refractivity contribution in [1.82, 2.24) is 4.98 Å². The molecule has 1 aromatic carbocycles. The molecule has 1 aromatic heterocycles. The molecule has 0 saturated heterocycles. The summed E-state index contributed by atoms with van der Waals surface area (Å²) >= 11 is 17.8. The predicted molar refractivity (Wildman–Crippen MR) is 69.4 cm³/mol. The summed E-state index contributed by atoms with van der Waals surface area (Å²) in [5.41, 5.74) is 1.75. The lowest BCUT2D eigenvalue weighted by molar-refractivity contribution is 1.31. The average molecular weight is 284 g/mol. The molecule has 0 unspecified atom stereocenters. The smallest absolute Gasteiger partial charge is 0.0992 e. The van der Waals surface area contributed by atoms with E-state index < -0.39 is 0 Å². The lowest BCUT2D eigenvalue weighted by Crippen LogP contribution is -1.86. The van der Waals surface area contributed by atoms with Crippen molar-refractivity contribution >= 4 is 34.8 Å². The van der Waals surface area contributed by atoms with Crippen molar-refractivity contribution in [3.05, 3.63) is 51.1 Å². The van der Waals surface area contributed by atoms with Crippen LogP contribution in [0.25, 0.3) is 11.3 Å². The van der Waals surface area contributed by atoms with Gasteiger partial charge in [-0.2, -0.15) is 5.26 Å². The van der Waals surface area contributed by atoms with Crippen LogP contribution >= 0.6 is 34.8 Å². The average Bonchev–Trinajstić information content (AvgIpc) is 2.34. The summed E-state index contributed by atoms with van der Waals surface area (Å²) < 4.78 is 0. The van der Waals surface area contributed by atoms with E-state index in [1.165, 1.54) is 0 Å². The van der Waals surface area contributed by atoms with Crippen LogP contribution in [0.3, 0.4) is 0 Å². The van der Waals surface area contributed by atoms with Crippen molar-refractivity contribution < 1.29 is 0 Å². The van der Waals surface area contributed by atoms with E-state index in [1.807, 2.05) is 6.07 Å². The molecule has 0 fully saturated rings. The number of benzene rings is 1. The summed E-state index contributed by atoms with van der Waals surface area (Å²) in [6, 6.07) is 8.50. The van der Waals surface area contributed by atoms with Crippen molar-refractivity contribution in [2.45, 2.75) is 0 Å². The molecule has 0 aliphatic rings. The van der Waals surface area contributed by atoms with Crippen LogP contribution in [0.5, 0.6) is 0 Å². The SMILES string of the molecule is N#Cc1ccnc(-c2cc(Cl)c(Cl)cc2Cl)c1. The molecule has 84 valence electrons. The van der Waals surface area contributed by atoms with Gasteiger partial charge in [-0.05, 0) is 24.3 Å². The first-order valence-corrected chi connectivity index (χ1v) is 5.76. The number of halogens is 3. The minimum atomic E-state index is 0.386. The Morgan fingerprint density at radius 3 is 2.41 bits per heavy atom. The van der Waals surface area contributed by atoms with Crippen LogP contribution in [0.2, 0.25) is 15.1 Å². The Balaban J connectivity index is 2.61. The van der Waals surface area contributed by atoms with Crippen molar-refractivity contribution in [2.75, 3.05) is 0 Å². The number of nitrogens with zero attached hydrogens (tertiary/aromatic N) is 2. The second kappa shape index (κ2) is 4.93.